The summed E-state index contributed by atoms with van der Waals surface area (Å²) in [7, 11) is 3.95. The van der Waals surface area contributed by atoms with Crippen molar-refractivity contribution in [3.8, 4) is 0 Å². The number of rotatable bonds is 5. The average molecular weight is 407 g/mol. The van der Waals surface area contributed by atoms with Crippen molar-refractivity contribution in [2.75, 3.05) is 29.6 Å². The maximum absolute atomic E-state index is 12.8. The molecule has 0 fully saturated rings. The molecule has 29 heavy (non-hydrogen) atoms. The van der Waals surface area contributed by atoms with Crippen LogP contribution in [0.15, 0.2) is 54.6 Å². The number of carbonyl (C=O) groups is 2. The molecule has 6 nitrogen and oxygen atoms in total. The van der Waals surface area contributed by atoms with Crippen LogP contribution in [0.1, 0.15) is 33.3 Å². The third kappa shape index (κ3) is 4.14. The Kier molecular flexibility index (Phi) is 5.31. The average Bonchev–Trinajstić information content (AvgIpc) is 3.29. The van der Waals surface area contributed by atoms with E-state index < -0.39 is 0 Å². The lowest BCUT2D eigenvalue weighted by Crippen LogP contribution is -2.20. The van der Waals surface area contributed by atoms with Crippen LogP contribution in [0.4, 0.5) is 16.5 Å². The molecule has 1 aliphatic rings. The van der Waals surface area contributed by atoms with Crippen molar-refractivity contribution in [3.05, 3.63) is 70.7 Å². The number of aryl methyl sites for hydroxylation is 1. The lowest BCUT2D eigenvalue weighted by Gasteiger charge is -2.14. The number of hydrogen-bond donors (Lipinski definition) is 2. The molecule has 0 radical (unpaired) electrons. The highest BCUT2D eigenvalue weighted by molar-refractivity contribution is 7.16. The van der Waals surface area contributed by atoms with Crippen LogP contribution in [0.5, 0.6) is 0 Å². The van der Waals surface area contributed by atoms with E-state index in [-0.39, 0.29) is 17.7 Å². The standard InChI is InChI=1S/C22H22N4O2S/c1-26(2)16-10-8-15(9-11-16)23-21(28)17-12-13-18-19(17)24-22(29-18)25-20(27)14-6-4-3-5-7-14/h3-11,17H,12-13H2,1-2H3,(H,23,28)(H,24,25,27). The minimum Gasteiger partial charge on any atom is -0.378 e. The lowest BCUT2D eigenvalue weighted by molar-refractivity contribution is -0.117. The summed E-state index contributed by atoms with van der Waals surface area (Å²) in [6.45, 7) is 0. The maximum atomic E-state index is 12.8. The molecular weight excluding hydrogens is 384 g/mol. The maximum Gasteiger partial charge on any atom is 0.257 e. The zero-order valence-electron chi connectivity index (χ0n) is 16.3. The van der Waals surface area contributed by atoms with E-state index in [4.69, 9.17) is 0 Å². The second kappa shape index (κ2) is 8.05. The SMILES string of the molecule is CN(C)c1ccc(NC(=O)C2CCc3sc(NC(=O)c4ccccc4)nc32)cc1. The number of hydrogen-bond acceptors (Lipinski definition) is 5. The second-order valence-corrected chi connectivity index (χ2v) is 8.25. The van der Waals surface area contributed by atoms with Gasteiger partial charge in [-0.25, -0.2) is 4.98 Å². The van der Waals surface area contributed by atoms with Gasteiger partial charge in [0.05, 0.1) is 11.6 Å². The van der Waals surface area contributed by atoms with Gasteiger partial charge < -0.3 is 10.2 Å². The van der Waals surface area contributed by atoms with Crippen LogP contribution in [0.25, 0.3) is 0 Å². The van der Waals surface area contributed by atoms with E-state index in [1.165, 1.54) is 11.3 Å². The smallest absolute Gasteiger partial charge is 0.257 e. The number of nitrogens with one attached hydrogen (secondary N) is 2. The van der Waals surface area contributed by atoms with Gasteiger partial charge in [-0.1, -0.05) is 18.2 Å². The van der Waals surface area contributed by atoms with Gasteiger partial charge in [0.15, 0.2) is 5.13 Å². The predicted octanol–water partition coefficient (Wildman–Crippen LogP) is 4.13. The molecule has 148 valence electrons. The molecule has 0 saturated carbocycles. The van der Waals surface area contributed by atoms with Gasteiger partial charge in [-0.15, -0.1) is 11.3 Å². The van der Waals surface area contributed by atoms with E-state index >= 15 is 0 Å². The van der Waals surface area contributed by atoms with E-state index in [1.807, 2.05) is 61.5 Å². The molecule has 1 atom stereocenters. The number of carbonyl (C=O) groups excluding carboxylic acids is 2. The van der Waals surface area contributed by atoms with Crippen LogP contribution in [0.3, 0.4) is 0 Å². The largest absolute Gasteiger partial charge is 0.378 e. The summed E-state index contributed by atoms with van der Waals surface area (Å²) < 4.78 is 0. The van der Waals surface area contributed by atoms with Gasteiger partial charge in [0, 0.05) is 35.9 Å². The molecule has 0 spiro atoms. The van der Waals surface area contributed by atoms with Crippen LogP contribution >= 0.6 is 11.3 Å². The summed E-state index contributed by atoms with van der Waals surface area (Å²) in [6, 6.07) is 16.8. The minimum atomic E-state index is -0.294. The fourth-order valence-corrected chi connectivity index (χ4v) is 4.40. The first kappa shape index (κ1) is 19.1. The third-order valence-electron chi connectivity index (χ3n) is 4.94. The molecule has 0 saturated heterocycles. The highest BCUT2D eigenvalue weighted by Crippen LogP contribution is 2.39. The highest BCUT2D eigenvalue weighted by atomic mass is 32.1. The summed E-state index contributed by atoms with van der Waals surface area (Å²) in [6.07, 6.45) is 1.54. The molecule has 7 heteroatoms. The molecule has 2 aromatic carbocycles. The van der Waals surface area contributed by atoms with Crippen LogP contribution in [-0.4, -0.2) is 30.9 Å². The molecule has 1 unspecified atom stereocenters. The van der Waals surface area contributed by atoms with Gasteiger partial charge in [0.2, 0.25) is 5.91 Å². The van der Waals surface area contributed by atoms with Crippen molar-refractivity contribution in [1.82, 2.24) is 4.98 Å². The lowest BCUT2D eigenvalue weighted by atomic mass is 10.1. The number of thiazole rings is 1. The van der Waals surface area contributed by atoms with Gasteiger partial charge >= 0.3 is 0 Å². The van der Waals surface area contributed by atoms with Gasteiger partial charge in [-0.05, 0) is 49.2 Å². The first-order chi connectivity index (χ1) is 14.0. The first-order valence-electron chi connectivity index (χ1n) is 9.45. The number of fused-ring (bicyclic) bond motifs is 1. The van der Waals surface area contributed by atoms with Gasteiger partial charge in [-0.3, -0.25) is 14.9 Å². The van der Waals surface area contributed by atoms with Crippen molar-refractivity contribution in [1.29, 1.82) is 0 Å². The molecule has 1 aromatic heterocycles. The Balaban J connectivity index is 1.44. The molecule has 3 aromatic rings. The fraction of sp³-hybridized carbons (Fsp3) is 0.227. The third-order valence-corrected chi connectivity index (χ3v) is 5.99. The Morgan fingerprint density at radius 2 is 1.76 bits per heavy atom. The number of anilines is 3. The Morgan fingerprint density at radius 3 is 2.45 bits per heavy atom. The zero-order chi connectivity index (χ0) is 20.4. The van der Waals surface area contributed by atoms with Crippen molar-refractivity contribution in [2.24, 2.45) is 0 Å². The number of aromatic nitrogens is 1. The zero-order valence-corrected chi connectivity index (χ0v) is 17.1. The molecule has 1 heterocycles. The van der Waals surface area contributed by atoms with Crippen molar-refractivity contribution >= 4 is 39.7 Å². The molecule has 2 amide bonds. The van der Waals surface area contributed by atoms with Crippen LogP contribution in [0, 0.1) is 0 Å². The monoisotopic (exact) mass is 406 g/mol. The predicted molar refractivity (Wildman–Crippen MR) is 117 cm³/mol. The summed E-state index contributed by atoms with van der Waals surface area (Å²) in [4.78, 5) is 32.8. The molecule has 0 bridgehead atoms. The van der Waals surface area contributed by atoms with Crippen LogP contribution in [0.2, 0.25) is 0 Å². The fourth-order valence-electron chi connectivity index (χ4n) is 3.37. The summed E-state index contributed by atoms with van der Waals surface area (Å²) in [5, 5.41) is 6.37. The Labute approximate surface area is 173 Å². The molecule has 2 N–H and O–H groups in total. The van der Waals surface area contributed by atoms with E-state index in [0.29, 0.717) is 10.7 Å². The number of amides is 2. The topological polar surface area (TPSA) is 74.3 Å². The van der Waals surface area contributed by atoms with Crippen molar-refractivity contribution in [2.45, 2.75) is 18.8 Å². The Morgan fingerprint density at radius 1 is 1.03 bits per heavy atom. The van der Waals surface area contributed by atoms with Crippen LogP contribution in [-0.2, 0) is 11.2 Å². The minimum absolute atomic E-state index is 0.0624. The molecule has 4 rings (SSSR count). The van der Waals surface area contributed by atoms with E-state index in [1.54, 1.807) is 12.1 Å². The Hall–Kier alpha value is -3.19. The van der Waals surface area contributed by atoms with Crippen molar-refractivity contribution in [3.63, 3.8) is 0 Å². The quantitative estimate of drug-likeness (QED) is 0.668. The molecule has 0 aliphatic heterocycles. The normalized spacial score (nSPS) is 14.9. The van der Waals surface area contributed by atoms with E-state index in [2.05, 4.69) is 15.6 Å². The van der Waals surface area contributed by atoms with Crippen LogP contribution < -0.4 is 15.5 Å². The van der Waals surface area contributed by atoms with Crippen molar-refractivity contribution < 1.29 is 9.59 Å². The second-order valence-electron chi connectivity index (χ2n) is 7.17. The molecule has 1 aliphatic carbocycles. The molecular formula is C22H22N4O2S. The Bertz CT molecular complexity index is 1030. The van der Waals surface area contributed by atoms with Gasteiger partial charge in [-0.2, -0.15) is 0 Å². The highest BCUT2D eigenvalue weighted by Gasteiger charge is 2.33. The summed E-state index contributed by atoms with van der Waals surface area (Å²) in [5.41, 5.74) is 3.20. The van der Waals surface area contributed by atoms with Gasteiger partial charge in [0.25, 0.3) is 5.91 Å². The number of nitrogens with zero attached hydrogens (tertiary/aromatic N) is 2. The summed E-state index contributed by atoms with van der Waals surface area (Å²) in [5.74, 6) is -0.551. The van der Waals surface area contributed by atoms with Gasteiger partial charge in [0.1, 0.15) is 0 Å². The first-order valence-corrected chi connectivity index (χ1v) is 10.3. The van der Waals surface area contributed by atoms with E-state index in [9.17, 15) is 9.59 Å². The summed E-state index contributed by atoms with van der Waals surface area (Å²) >= 11 is 1.45. The number of benzene rings is 2. The van der Waals surface area contributed by atoms with E-state index in [0.717, 1.165) is 34.8 Å².